The van der Waals surface area contributed by atoms with Crippen molar-refractivity contribution in [1.29, 1.82) is 0 Å². The van der Waals surface area contributed by atoms with Gasteiger partial charge in [0.25, 0.3) is 0 Å². The van der Waals surface area contributed by atoms with Gasteiger partial charge in [0.15, 0.2) is 0 Å². The van der Waals surface area contributed by atoms with Crippen LogP contribution in [-0.2, 0) is 0 Å². The second-order valence-electron chi connectivity index (χ2n) is 19.9. The van der Waals surface area contributed by atoms with E-state index in [1.165, 1.54) is 65.2 Å². The van der Waals surface area contributed by atoms with Crippen LogP contribution in [0, 0.1) is 0 Å². The lowest BCUT2D eigenvalue weighted by Gasteiger charge is -2.35. The molecule has 372 valence electrons. The molecular weight excluding hydrogens is 953 g/mol. The molecule has 2 unspecified atom stereocenters. The van der Waals surface area contributed by atoms with Crippen molar-refractivity contribution in [2.75, 3.05) is 19.6 Å². The van der Waals surface area contributed by atoms with E-state index in [4.69, 9.17) is 0 Å². The molecule has 0 aliphatic heterocycles. The van der Waals surface area contributed by atoms with Crippen LogP contribution in [-0.4, -0.2) is 12.1 Å². The minimum Gasteiger partial charge on any atom is -0.338 e. The zero-order chi connectivity index (χ0) is 51.3. The Morgan fingerprint density at radius 2 is 0.714 bits per heavy atom. The Bertz CT molecular complexity index is 3810. The molecule has 5 heteroatoms. The molecule has 9 aromatic carbocycles. The zero-order valence-corrected chi connectivity index (χ0v) is 43.7. The minimum atomic E-state index is 0.175. The fourth-order valence-electron chi connectivity index (χ4n) is 11.3. The highest BCUT2D eigenvalue weighted by Gasteiger charge is 2.24. The van der Waals surface area contributed by atoms with Crippen LogP contribution in [0.5, 0.6) is 0 Å². The molecule has 0 radical (unpaired) electrons. The summed E-state index contributed by atoms with van der Waals surface area (Å²) in [5, 5.41) is 2.52. The summed E-state index contributed by atoms with van der Waals surface area (Å²) < 4.78 is 2.55. The quantitative estimate of drug-likeness (QED) is 0.108. The van der Waals surface area contributed by atoms with Gasteiger partial charge in [-0.15, -0.1) is 11.3 Å². The maximum absolute atomic E-state index is 2.53. The van der Waals surface area contributed by atoms with E-state index in [1.54, 1.807) is 0 Å². The molecule has 0 saturated carbocycles. The summed E-state index contributed by atoms with van der Waals surface area (Å²) in [7, 11) is 0. The van der Waals surface area contributed by atoms with Crippen molar-refractivity contribution in [1.82, 2.24) is 0 Å². The number of rotatable bonds is 14. The smallest absolute Gasteiger partial charge is 0.0559 e. The summed E-state index contributed by atoms with van der Waals surface area (Å²) in [6.45, 7) is 0. The van der Waals surface area contributed by atoms with Crippen LogP contribution in [0.2, 0.25) is 0 Å². The summed E-state index contributed by atoms with van der Waals surface area (Å²) in [6.07, 6.45) is 28.8. The Labute approximate surface area is 456 Å². The van der Waals surface area contributed by atoms with Crippen LogP contribution in [0.25, 0.3) is 42.4 Å². The number of anilines is 9. The highest BCUT2D eigenvalue weighted by Crippen LogP contribution is 2.44. The third kappa shape index (κ3) is 9.86. The molecule has 13 rings (SSSR count). The van der Waals surface area contributed by atoms with Gasteiger partial charge in [-0.1, -0.05) is 164 Å². The van der Waals surface area contributed by atoms with Gasteiger partial charge in [-0.05, 0) is 175 Å². The summed E-state index contributed by atoms with van der Waals surface area (Å²) >= 11 is 1.86. The molecule has 0 amide bonds. The van der Waals surface area contributed by atoms with E-state index in [1.807, 2.05) is 11.3 Å². The molecule has 2 atom stereocenters. The molecule has 3 aliphatic rings. The van der Waals surface area contributed by atoms with Crippen LogP contribution in [0.3, 0.4) is 0 Å². The molecule has 4 nitrogen and oxygen atoms in total. The molecule has 3 aliphatic carbocycles. The molecular formula is C72H58N4S. The average Bonchev–Trinajstić information content (AvgIpc) is 3.89. The number of nitrogens with zero attached hydrogens (tertiary/aromatic N) is 4. The molecule has 0 spiro atoms. The second kappa shape index (κ2) is 21.6. The number of benzene rings is 9. The first-order chi connectivity index (χ1) is 38.2. The van der Waals surface area contributed by atoms with Gasteiger partial charge in [0.05, 0.1) is 12.1 Å². The normalized spacial score (nSPS) is 15.7. The fraction of sp³-hybridized carbons (Fsp3) is 0.0833. The Kier molecular flexibility index (Phi) is 13.3. The first-order valence-electron chi connectivity index (χ1n) is 26.9. The maximum Gasteiger partial charge on any atom is 0.0559 e. The summed E-state index contributed by atoms with van der Waals surface area (Å²) in [5.74, 6) is 0. The lowest BCUT2D eigenvalue weighted by molar-refractivity contribution is 0.720. The van der Waals surface area contributed by atoms with Crippen LogP contribution in [0.15, 0.2) is 297 Å². The second-order valence-corrected chi connectivity index (χ2v) is 21.0. The molecule has 0 bridgehead atoms. The van der Waals surface area contributed by atoms with Crippen LogP contribution in [0.4, 0.5) is 51.2 Å². The van der Waals surface area contributed by atoms with Crippen molar-refractivity contribution in [3.63, 3.8) is 0 Å². The van der Waals surface area contributed by atoms with Crippen molar-refractivity contribution in [3.8, 4) is 22.3 Å². The van der Waals surface area contributed by atoms with Crippen molar-refractivity contribution in [2.24, 2.45) is 0 Å². The number of thiophene rings is 1. The number of para-hydroxylation sites is 3. The molecule has 1 heterocycles. The Morgan fingerprint density at radius 1 is 0.325 bits per heavy atom. The largest absolute Gasteiger partial charge is 0.338 e. The lowest BCUT2D eigenvalue weighted by Crippen LogP contribution is -2.33. The standard InChI is InChI=1S/C72H58N4S/c1-7-19-57(20-8-1)73(58-21-9-2-10-22-58)63-39-31-53(32-40-63)55-35-43-65(44-36-55)75(61-27-15-5-16-28-61)67-47-49-71-69(51-67)70-52-68(48-50-72(70)77-71)76(62-29-17-6-18-30-62)66-45-37-56(38-46-66)54-33-41-64(42-34-54)74(59-23-11-3-12-24-59)60-25-13-4-14-26-60/h1-13,15-23,25,27-29,31-52,59,62H,14,24,26,30H2. The van der Waals surface area contributed by atoms with Gasteiger partial charge in [0.2, 0.25) is 0 Å². The molecule has 0 saturated heterocycles. The molecule has 1 aromatic heterocycles. The van der Waals surface area contributed by atoms with Gasteiger partial charge in [-0.2, -0.15) is 0 Å². The third-order valence-electron chi connectivity index (χ3n) is 15.1. The third-order valence-corrected chi connectivity index (χ3v) is 16.3. The van der Waals surface area contributed by atoms with Gasteiger partial charge < -0.3 is 19.6 Å². The van der Waals surface area contributed by atoms with E-state index in [2.05, 4.69) is 311 Å². The molecule has 0 fully saturated rings. The summed E-state index contributed by atoms with van der Waals surface area (Å²) in [5.41, 5.74) is 16.4. The number of allylic oxidation sites excluding steroid dienone is 8. The highest BCUT2D eigenvalue weighted by molar-refractivity contribution is 7.25. The predicted octanol–water partition coefficient (Wildman–Crippen LogP) is 20.3. The van der Waals surface area contributed by atoms with E-state index in [9.17, 15) is 0 Å². The van der Waals surface area contributed by atoms with Crippen molar-refractivity contribution < 1.29 is 0 Å². The summed E-state index contributed by atoms with van der Waals surface area (Å²) in [6, 6.07) is 82.7. The van der Waals surface area contributed by atoms with Crippen LogP contribution >= 0.6 is 11.3 Å². The fourth-order valence-corrected chi connectivity index (χ4v) is 12.4. The van der Waals surface area contributed by atoms with Crippen molar-refractivity contribution >= 4 is 82.7 Å². The maximum atomic E-state index is 2.53. The van der Waals surface area contributed by atoms with Crippen molar-refractivity contribution in [2.45, 2.75) is 37.8 Å². The Balaban J connectivity index is 0.799. The molecule has 10 aromatic rings. The number of fused-ring (bicyclic) bond motifs is 3. The Morgan fingerprint density at radius 3 is 1.16 bits per heavy atom. The lowest BCUT2D eigenvalue weighted by atomic mass is 9.99. The molecule has 0 N–H and O–H groups in total. The van der Waals surface area contributed by atoms with E-state index in [0.717, 1.165) is 59.8 Å². The number of hydrogen-bond acceptors (Lipinski definition) is 5. The number of hydrogen-bond donors (Lipinski definition) is 0. The van der Waals surface area contributed by atoms with Gasteiger partial charge in [-0.3, -0.25) is 0 Å². The Hall–Kier alpha value is -9.16. The predicted molar refractivity (Wildman–Crippen MR) is 330 cm³/mol. The first-order valence-corrected chi connectivity index (χ1v) is 27.7. The topological polar surface area (TPSA) is 13.0 Å². The monoisotopic (exact) mass is 1010 g/mol. The zero-order valence-electron chi connectivity index (χ0n) is 42.9. The van der Waals surface area contributed by atoms with Crippen LogP contribution in [0.1, 0.15) is 25.7 Å². The van der Waals surface area contributed by atoms with Gasteiger partial charge in [-0.25, -0.2) is 0 Å². The van der Waals surface area contributed by atoms with E-state index in [-0.39, 0.29) is 6.04 Å². The minimum absolute atomic E-state index is 0.175. The van der Waals surface area contributed by atoms with Crippen molar-refractivity contribution in [3.05, 3.63) is 297 Å². The van der Waals surface area contributed by atoms with Gasteiger partial charge >= 0.3 is 0 Å². The van der Waals surface area contributed by atoms with Crippen LogP contribution < -0.4 is 19.6 Å². The highest BCUT2D eigenvalue weighted by atomic mass is 32.1. The van der Waals surface area contributed by atoms with E-state index < -0.39 is 0 Å². The van der Waals surface area contributed by atoms with E-state index >= 15 is 0 Å². The van der Waals surface area contributed by atoms with Gasteiger partial charge in [0.1, 0.15) is 0 Å². The average molecular weight is 1010 g/mol. The van der Waals surface area contributed by atoms with E-state index in [0.29, 0.717) is 6.04 Å². The molecule has 77 heavy (non-hydrogen) atoms. The summed E-state index contributed by atoms with van der Waals surface area (Å²) in [4.78, 5) is 9.73. The SMILES string of the molecule is C1=CCCC(N(c2ccc(-c3ccc(N(c4ccc5sc6ccc(N(c7ccccc7)c7ccc(-c8ccc(N(c9ccccc9)c9ccccc9)cc8)cc7)cc6c5c4)C4C=CC=CC4)cc3)cc2)C2C=CC=CC2)=C1. The first kappa shape index (κ1) is 47.5. The van der Waals surface area contributed by atoms with Gasteiger partial charge in [0, 0.05) is 77.1 Å².